The SMILES string of the molecule is ONc1ccc(NC2CCOCC2)c(O)c1. The Morgan fingerprint density at radius 2 is 2.00 bits per heavy atom. The quantitative estimate of drug-likeness (QED) is 0.465. The summed E-state index contributed by atoms with van der Waals surface area (Å²) in [4.78, 5) is 0. The third-order valence-electron chi connectivity index (χ3n) is 2.71. The van der Waals surface area contributed by atoms with E-state index in [1.165, 1.54) is 6.07 Å². The molecule has 4 N–H and O–H groups in total. The second-order valence-corrected chi connectivity index (χ2v) is 3.87. The van der Waals surface area contributed by atoms with E-state index < -0.39 is 0 Å². The number of benzene rings is 1. The third kappa shape index (κ3) is 2.56. The first-order valence-corrected chi connectivity index (χ1v) is 5.37. The van der Waals surface area contributed by atoms with Gasteiger partial charge in [-0.1, -0.05) is 0 Å². The second kappa shape index (κ2) is 5.05. The molecule has 1 aliphatic rings. The predicted molar refractivity (Wildman–Crippen MR) is 61.0 cm³/mol. The molecule has 16 heavy (non-hydrogen) atoms. The van der Waals surface area contributed by atoms with E-state index in [1.54, 1.807) is 12.1 Å². The lowest BCUT2D eigenvalue weighted by molar-refractivity contribution is 0.0904. The summed E-state index contributed by atoms with van der Waals surface area (Å²) in [5.41, 5.74) is 3.14. The predicted octanol–water partition coefficient (Wildman–Crippen LogP) is 1.78. The molecule has 1 saturated heterocycles. The van der Waals surface area contributed by atoms with Gasteiger partial charge < -0.3 is 15.2 Å². The van der Waals surface area contributed by atoms with E-state index in [9.17, 15) is 5.11 Å². The highest BCUT2D eigenvalue weighted by molar-refractivity contribution is 5.62. The lowest BCUT2D eigenvalue weighted by Crippen LogP contribution is -2.27. The van der Waals surface area contributed by atoms with Crippen LogP contribution < -0.4 is 10.8 Å². The van der Waals surface area contributed by atoms with Crippen molar-refractivity contribution in [1.29, 1.82) is 0 Å². The van der Waals surface area contributed by atoms with Crippen molar-refractivity contribution in [1.82, 2.24) is 0 Å². The van der Waals surface area contributed by atoms with Crippen LogP contribution in [0.3, 0.4) is 0 Å². The van der Waals surface area contributed by atoms with Gasteiger partial charge in [-0.3, -0.25) is 10.7 Å². The fraction of sp³-hybridized carbons (Fsp3) is 0.455. The lowest BCUT2D eigenvalue weighted by atomic mass is 10.1. The summed E-state index contributed by atoms with van der Waals surface area (Å²) < 4.78 is 5.26. The number of aromatic hydroxyl groups is 1. The largest absolute Gasteiger partial charge is 0.506 e. The Morgan fingerprint density at radius 3 is 2.62 bits per heavy atom. The average Bonchev–Trinajstić information content (AvgIpc) is 2.33. The monoisotopic (exact) mass is 224 g/mol. The third-order valence-corrected chi connectivity index (χ3v) is 2.71. The molecule has 5 nitrogen and oxygen atoms in total. The Hall–Kier alpha value is -1.46. The molecule has 0 spiro atoms. The minimum absolute atomic E-state index is 0.130. The van der Waals surface area contributed by atoms with Crippen LogP contribution in [0.4, 0.5) is 11.4 Å². The standard InChI is InChI=1S/C11H16N2O3/c14-11-7-9(13-15)1-2-10(11)12-8-3-5-16-6-4-8/h1-2,7-8,12-15H,3-6H2. The maximum absolute atomic E-state index is 9.71. The number of anilines is 2. The fourth-order valence-electron chi connectivity index (χ4n) is 1.79. The Kier molecular flexibility index (Phi) is 3.48. The molecule has 88 valence electrons. The maximum Gasteiger partial charge on any atom is 0.140 e. The van der Waals surface area contributed by atoms with Crippen LogP contribution >= 0.6 is 0 Å². The van der Waals surface area contributed by atoms with Gasteiger partial charge in [0.25, 0.3) is 0 Å². The second-order valence-electron chi connectivity index (χ2n) is 3.87. The van der Waals surface area contributed by atoms with Crippen molar-refractivity contribution in [3.63, 3.8) is 0 Å². The number of hydrogen-bond acceptors (Lipinski definition) is 5. The van der Waals surface area contributed by atoms with Crippen molar-refractivity contribution in [2.45, 2.75) is 18.9 Å². The Bertz CT molecular complexity index is 351. The van der Waals surface area contributed by atoms with Crippen LogP contribution in [0.15, 0.2) is 18.2 Å². The lowest BCUT2D eigenvalue weighted by Gasteiger charge is -2.24. The Morgan fingerprint density at radius 1 is 1.25 bits per heavy atom. The van der Waals surface area contributed by atoms with Gasteiger partial charge in [-0.05, 0) is 25.0 Å². The topological polar surface area (TPSA) is 73.8 Å². The van der Waals surface area contributed by atoms with Gasteiger partial charge >= 0.3 is 0 Å². The molecule has 0 amide bonds. The normalized spacial score (nSPS) is 17.1. The minimum atomic E-state index is 0.130. The van der Waals surface area contributed by atoms with Crippen LogP contribution in [0.1, 0.15) is 12.8 Å². The van der Waals surface area contributed by atoms with Gasteiger partial charge in [0, 0.05) is 25.3 Å². The molecule has 1 aliphatic heterocycles. The van der Waals surface area contributed by atoms with Gasteiger partial charge in [0.15, 0.2) is 0 Å². The molecule has 2 rings (SSSR count). The average molecular weight is 224 g/mol. The molecule has 0 radical (unpaired) electrons. The molecule has 1 aromatic carbocycles. The first kappa shape index (κ1) is 11.0. The summed E-state index contributed by atoms with van der Waals surface area (Å²) in [7, 11) is 0. The van der Waals surface area contributed by atoms with Gasteiger partial charge in [-0.15, -0.1) is 0 Å². The Balaban J connectivity index is 2.03. The molecule has 0 aliphatic carbocycles. The van der Waals surface area contributed by atoms with E-state index in [0.29, 0.717) is 17.4 Å². The zero-order valence-corrected chi connectivity index (χ0v) is 8.94. The van der Waals surface area contributed by atoms with Gasteiger partial charge in [0.2, 0.25) is 0 Å². The van der Waals surface area contributed by atoms with Crippen molar-refractivity contribution in [3.05, 3.63) is 18.2 Å². The maximum atomic E-state index is 9.71. The van der Waals surface area contributed by atoms with Crippen molar-refractivity contribution in [3.8, 4) is 5.75 Å². The summed E-state index contributed by atoms with van der Waals surface area (Å²) in [6.45, 7) is 1.52. The van der Waals surface area contributed by atoms with E-state index in [0.717, 1.165) is 26.1 Å². The van der Waals surface area contributed by atoms with E-state index in [4.69, 9.17) is 9.94 Å². The molecule has 1 fully saturated rings. The molecular weight excluding hydrogens is 208 g/mol. The molecule has 1 aromatic rings. The summed E-state index contributed by atoms with van der Waals surface area (Å²) in [5.74, 6) is 0.130. The first-order chi connectivity index (χ1) is 7.79. The summed E-state index contributed by atoms with van der Waals surface area (Å²) in [6.07, 6.45) is 1.89. The van der Waals surface area contributed by atoms with Gasteiger partial charge in [0.1, 0.15) is 5.75 Å². The smallest absolute Gasteiger partial charge is 0.140 e. The van der Waals surface area contributed by atoms with Crippen molar-refractivity contribution >= 4 is 11.4 Å². The molecule has 5 heteroatoms. The summed E-state index contributed by atoms with van der Waals surface area (Å²) >= 11 is 0. The Labute approximate surface area is 94.0 Å². The first-order valence-electron chi connectivity index (χ1n) is 5.37. The van der Waals surface area contributed by atoms with Crippen LogP contribution in [0.2, 0.25) is 0 Å². The molecule has 0 aromatic heterocycles. The molecular formula is C11H16N2O3. The number of phenolic OH excluding ortho intramolecular Hbond substituents is 1. The molecule has 1 heterocycles. The number of ether oxygens (including phenoxy) is 1. The molecule has 0 saturated carbocycles. The van der Waals surface area contributed by atoms with Gasteiger partial charge in [-0.25, -0.2) is 0 Å². The number of phenols is 1. The van der Waals surface area contributed by atoms with Crippen LogP contribution in [-0.4, -0.2) is 29.6 Å². The zero-order chi connectivity index (χ0) is 11.4. The molecule has 0 atom stereocenters. The van der Waals surface area contributed by atoms with Crippen LogP contribution in [-0.2, 0) is 4.74 Å². The van der Waals surface area contributed by atoms with Crippen molar-refractivity contribution < 1.29 is 15.1 Å². The number of nitrogens with one attached hydrogen (secondary N) is 2. The van der Waals surface area contributed by atoms with Gasteiger partial charge in [-0.2, -0.15) is 0 Å². The summed E-state index contributed by atoms with van der Waals surface area (Å²) in [6, 6.07) is 5.25. The van der Waals surface area contributed by atoms with Crippen LogP contribution in [0.25, 0.3) is 0 Å². The van der Waals surface area contributed by atoms with Crippen molar-refractivity contribution in [2.24, 2.45) is 0 Å². The van der Waals surface area contributed by atoms with Gasteiger partial charge in [0.05, 0.1) is 11.4 Å². The van der Waals surface area contributed by atoms with E-state index in [2.05, 4.69) is 5.32 Å². The van der Waals surface area contributed by atoms with E-state index in [-0.39, 0.29) is 5.75 Å². The van der Waals surface area contributed by atoms with Crippen LogP contribution in [0, 0.1) is 0 Å². The number of hydrogen-bond donors (Lipinski definition) is 4. The molecule has 0 bridgehead atoms. The summed E-state index contributed by atoms with van der Waals surface area (Å²) in [5, 5.41) is 21.6. The van der Waals surface area contributed by atoms with Crippen LogP contribution in [0.5, 0.6) is 5.75 Å². The molecule has 0 unspecified atom stereocenters. The fourth-order valence-corrected chi connectivity index (χ4v) is 1.79. The number of rotatable bonds is 3. The highest BCUT2D eigenvalue weighted by Crippen LogP contribution is 2.28. The highest BCUT2D eigenvalue weighted by Gasteiger charge is 2.14. The van der Waals surface area contributed by atoms with E-state index in [1.807, 2.05) is 5.48 Å². The minimum Gasteiger partial charge on any atom is -0.506 e. The zero-order valence-electron chi connectivity index (χ0n) is 8.94. The highest BCUT2D eigenvalue weighted by atomic mass is 16.5. The van der Waals surface area contributed by atoms with Crippen molar-refractivity contribution in [2.75, 3.05) is 24.0 Å². The van der Waals surface area contributed by atoms with E-state index >= 15 is 0 Å².